The third kappa shape index (κ3) is 3.84. The molecule has 1 atom stereocenters. The van der Waals surface area contributed by atoms with Gasteiger partial charge in [-0.15, -0.1) is 0 Å². The van der Waals surface area contributed by atoms with Crippen molar-refractivity contribution in [1.82, 2.24) is 0 Å². The van der Waals surface area contributed by atoms with Crippen LogP contribution in [0.5, 0.6) is 0 Å². The topological polar surface area (TPSA) is 71.0 Å². The molecule has 1 N–H and O–H groups in total. The highest BCUT2D eigenvalue weighted by Crippen LogP contribution is 2.24. The summed E-state index contributed by atoms with van der Waals surface area (Å²) in [5.41, 5.74) is 2.03. The Morgan fingerprint density at radius 2 is 1.90 bits per heavy atom. The molecule has 4 heteroatoms. The second-order valence-corrected chi connectivity index (χ2v) is 5.25. The summed E-state index contributed by atoms with van der Waals surface area (Å²) >= 11 is 0. The lowest BCUT2D eigenvalue weighted by Gasteiger charge is -2.30. The van der Waals surface area contributed by atoms with E-state index in [1.54, 1.807) is 6.08 Å². The Bertz CT molecular complexity index is 562. The van der Waals surface area contributed by atoms with Crippen LogP contribution < -0.4 is 4.90 Å². The van der Waals surface area contributed by atoms with E-state index in [2.05, 4.69) is 4.90 Å². The van der Waals surface area contributed by atoms with Crippen LogP contribution >= 0.6 is 0 Å². The van der Waals surface area contributed by atoms with Crippen molar-refractivity contribution < 1.29 is 5.11 Å². The van der Waals surface area contributed by atoms with E-state index in [9.17, 15) is 5.11 Å². The van der Waals surface area contributed by atoms with Gasteiger partial charge in [-0.1, -0.05) is 25.0 Å². The highest BCUT2D eigenvalue weighted by atomic mass is 16.3. The summed E-state index contributed by atoms with van der Waals surface area (Å²) in [4.78, 5) is 2.26. The molecule has 21 heavy (non-hydrogen) atoms. The van der Waals surface area contributed by atoms with Gasteiger partial charge in [0, 0.05) is 12.2 Å². The summed E-state index contributed by atoms with van der Waals surface area (Å²) in [6.07, 6.45) is 6.11. The van der Waals surface area contributed by atoms with Crippen LogP contribution in [0.15, 0.2) is 29.8 Å². The first-order valence-electron chi connectivity index (χ1n) is 7.28. The van der Waals surface area contributed by atoms with Crippen LogP contribution in [0, 0.1) is 22.7 Å². The van der Waals surface area contributed by atoms with E-state index in [0.717, 1.165) is 37.1 Å². The fourth-order valence-corrected chi connectivity index (χ4v) is 2.73. The first-order valence-corrected chi connectivity index (χ1v) is 7.28. The Kier molecular flexibility index (Phi) is 5.37. The lowest BCUT2D eigenvalue weighted by molar-refractivity contribution is 0.255. The van der Waals surface area contributed by atoms with E-state index in [1.165, 1.54) is 6.42 Å². The first-order chi connectivity index (χ1) is 10.3. The third-order valence-corrected chi connectivity index (χ3v) is 3.86. The second kappa shape index (κ2) is 7.47. The van der Waals surface area contributed by atoms with Crippen molar-refractivity contribution in [1.29, 1.82) is 10.5 Å². The average Bonchev–Trinajstić information content (AvgIpc) is 2.78. The Morgan fingerprint density at radius 3 is 2.52 bits per heavy atom. The summed E-state index contributed by atoms with van der Waals surface area (Å²) in [6.45, 7) is 1.14. The number of rotatable bonds is 3. The van der Waals surface area contributed by atoms with Gasteiger partial charge in [-0.05, 0) is 36.6 Å². The highest BCUT2D eigenvalue weighted by molar-refractivity contribution is 5.64. The Labute approximate surface area is 125 Å². The van der Waals surface area contributed by atoms with Crippen molar-refractivity contribution in [3.05, 3.63) is 35.4 Å². The summed E-state index contributed by atoms with van der Waals surface area (Å²) in [6, 6.07) is 11.7. The highest BCUT2D eigenvalue weighted by Gasteiger charge is 2.20. The molecule has 0 aromatic heterocycles. The van der Waals surface area contributed by atoms with Crippen LogP contribution in [-0.2, 0) is 0 Å². The van der Waals surface area contributed by atoms with Gasteiger partial charge in [-0.3, -0.25) is 0 Å². The molecule has 1 aliphatic heterocycles. The number of nitrogens with zero attached hydrogens (tertiary/aromatic N) is 3. The molecule has 1 unspecified atom stereocenters. The zero-order valence-electron chi connectivity index (χ0n) is 12.0. The van der Waals surface area contributed by atoms with Gasteiger partial charge in [0.15, 0.2) is 0 Å². The minimum absolute atomic E-state index is 0.103. The van der Waals surface area contributed by atoms with Crippen LogP contribution in [0.1, 0.15) is 31.2 Å². The average molecular weight is 281 g/mol. The van der Waals surface area contributed by atoms with Crippen LogP contribution in [0.3, 0.4) is 0 Å². The maximum Gasteiger partial charge on any atom is 0.130 e. The quantitative estimate of drug-likeness (QED) is 0.865. The fraction of sp³-hybridized carbons (Fsp3) is 0.412. The normalized spacial score (nSPS) is 18.2. The summed E-state index contributed by atoms with van der Waals surface area (Å²) < 4.78 is 0. The van der Waals surface area contributed by atoms with Gasteiger partial charge >= 0.3 is 0 Å². The maximum absolute atomic E-state index is 9.56. The van der Waals surface area contributed by atoms with Crippen molar-refractivity contribution in [3.8, 4) is 12.1 Å². The fourth-order valence-electron chi connectivity index (χ4n) is 2.73. The molecule has 0 bridgehead atoms. The molecule has 1 aromatic carbocycles. The molecule has 1 aliphatic rings. The smallest absolute Gasteiger partial charge is 0.130 e. The zero-order valence-corrected chi connectivity index (χ0v) is 12.0. The second-order valence-electron chi connectivity index (χ2n) is 5.25. The van der Waals surface area contributed by atoms with Crippen molar-refractivity contribution >= 4 is 11.8 Å². The molecule has 0 amide bonds. The molecule has 4 nitrogen and oxygen atoms in total. The van der Waals surface area contributed by atoms with Gasteiger partial charge in [0.25, 0.3) is 0 Å². The summed E-state index contributed by atoms with van der Waals surface area (Å²) in [7, 11) is 0. The standard InChI is InChI=1S/C17H19N3O/c18-11-15(12-19)10-14-5-7-16(8-6-14)20-9-3-1-2-4-17(20)13-21/h5-8,10,17,21H,1-4,9,13H2. The minimum Gasteiger partial charge on any atom is -0.394 e. The van der Waals surface area contributed by atoms with Gasteiger partial charge in [0.1, 0.15) is 17.7 Å². The van der Waals surface area contributed by atoms with E-state index in [-0.39, 0.29) is 18.2 Å². The largest absolute Gasteiger partial charge is 0.394 e. The lowest BCUT2D eigenvalue weighted by Crippen LogP contribution is -2.37. The summed E-state index contributed by atoms with van der Waals surface area (Å²) in [5, 5.41) is 27.1. The van der Waals surface area contributed by atoms with E-state index in [1.807, 2.05) is 36.4 Å². The predicted octanol–water partition coefficient (Wildman–Crippen LogP) is 2.86. The maximum atomic E-state index is 9.56. The molecule has 1 heterocycles. The lowest BCUT2D eigenvalue weighted by atomic mass is 10.1. The molecular formula is C17H19N3O. The van der Waals surface area contributed by atoms with Gasteiger partial charge in [-0.25, -0.2) is 0 Å². The van der Waals surface area contributed by atoms with E-state index >= 15 is 0 Å². The molecule has 1 saturated heterocycles. The first kappa shape index (κ1) is 15.1. The minimum atomic E-state index is 0.103. The van der Waals surface area contributed by atoms with E-state index in [4.69, 9.17) is 10.5 Å². The number of hydrogen-bond donors (Lipinski definition) is 1. The number of aliphatic hydroxyl groups is 1. The molecule has 2 rings (SSSR count). The molecule has 1 fully saturated rings. The molecule has 0 radical (unpaired) electrons. The monoisotopic (exact) mass is 281 g/mol. The Hall–Kier alpha value is -2.30. The zero-order chi connectivity index (χ0) is 15.1. The van der Waals surface area contributed by atoms with Crippen molar-refractivity contribution in [2.45, 2.75) is 31.7 Å². The Balaban J connectivity index is 2.20. The van der Waals surface area contributed by atoms with Crippen LogP contribution in [0.4, 0.5) is 5.69 Å². The molecule has 1 aromatic rings. The SMILES string of the molecule is N#CC(C#N)=Cc1ccc(N2CCCCCC2CO)cc1. The summed E-state index contributed by atoms with van der Waals surface area (Å²) in [5.74, 6) is 0. The van der Waals surface area contributed by atoms with Crippen molar-refractivity contribution in [2.24, 2.45) is 0 Å². The number of anilines is 1. The number of allylic oxidation sites excluding steroid dienone is 1. The Morgan fingerprint density at radius 1 is 1.19 bits per heavy atom. The van der Waals surface area contributed by atoms with Crippen LogP contribution in [0.2, 0.25) is 0 Å². The van der Waals surface area contributed by atoms with Gasteiger partial charge in [0.05, 0.1) is 12.6 Å². The van der Waals surface area contributed by atoms with E-state index in [0.29, 0.717) is 0 Å². The molecule has 0 aliphatic carbocycles. The van der Waals surface area contributed by atoms with Gasteiger partial charge in [-0.2, -0.15) is 10.5 Å². The van der Waals surface area contributed by atoms with Crippen LogP contribution in [-0.4, -0.2) is 24.3 Å². The molecular weight excluding hydrogens is 262 g/mol. The van der Waals surface area contributed by atoms with Crippen molar-refractivity contribution in [3.63, 3.8) is 0 Å². The van der Waals surface area contributed by atoms with E-state index < -0.39 is 0 Å². The predicted molar refractivity (Wildman–Crippen MR) is 82.3 cm³/mol. The molecule has 108 valence electrons. The van der Waals surface area contributed by atoms with Crippen molar-refractivity contribution in [2.75, 3.05) is 18.1 Å². The number of hydrogen-bond acceptors (Lipinski definition) is 4. The van der Waals surface area contributed by atoms with Crippen LogP contribution in [0.25, 0.3) is 6.08 Å². The third-order valence-electron chi connectivity index (χ3n) is 3.86. The number of benzene rings is 1. The number of aliphatic hydroxyl groups excluding tert-OH is 1. The van der Waals surface area contributed by atoms with Gasteiger partial charge in [0.2, 0.25) is 0 Å². The van der Waals surface area contributed by atoms with Gasteiger partial charge < -0.3 is 10.0 Å². The number of nitriles is 2. The molecule has 0 saturated carbocycles. The molecule has 0 spiro atoms.